The van der Waals surface area contributed by atoms with E-state index in [1.165, 1.54) is 121 Å². The normalized spacial score (nSPS) is 11.7. The van der Waals surface area contributed by atoms with Crippen molar-refractivity contribution in [1.82, 2.24) is 0 Å². The molecule has 0 heterocycles. The first-order chi connectivity index (χ1) is 30.6. The SMILES string of the molecule is Brc1cccc(-c2cc(-c3ccccc3)c3c4cccc5c6c(-c7ccccc7)c(-c7cccc(Br)c7)cc(-c7ccccc7)c6c6cccc(c3c2-c2ccccc2)c6c45)c1. The molecule has 0 unspecified atom stereocenters. The second kappa shape index (κ2) is 15.0. The number of halogens is 2. The summed E-state index contributed by atoms with van der Waals surface area (Å²) >= 11 is 7.67. The molecule has 0 atom stereocenters. The highest BCUT2D eigenvalue weighted by Crippen LogP contribution is 2.55. The highest BCUT2D eigenvalue weighted by Gasteiger charge is 2.27. The smallest absolute Gasteiger partial charge is 0.0181 e. The molecule has 0 N–H and O–H groups in total. The molecule has 0 radical (unpaired) electrons. The van der Waals surface area contributed by atoms with Gasteiger partial charge >= 0.3 is 0 Å². The Kier molecular flexibility index (Phi) is 8.92. The molecule has 12 aromatic carbocycles. The maximum Gasteiger partial charge on any atom is 0.0181 e. The van der Waals surface area contributed by atoms with Crippen LogP contribution in [0, 0.1) is 0 Å². The standard InChI is InChI=1S/C60H36Br2/c61-43-27-13-25-41(33-43)51-35-49(37-17-5-1-6-18-37)57-45-29-15-32-48-55(45)56-46(30-16-31-47(56)59(57)53(51)39-21-9-3-10-22-39)58-50(38-19-7-2-8-20-38)36-52(42-26-14-28-44(62)34-42)54(60(48)58)40-23-11-4-12-24-40/h1-36H. The summed E-state index contributed by atoms with van der Waals surface area (Å²) in [5.74, 6) is 0. The lowest BCUT2D eigenvalue weighted by molar-refractivity contribution is 1.58. The maximum atomic E-state index is 3.84. The molecule has 0 nitrogen and oxygen atoms in total. The van der Waals surface area contributed by atoms with Crippen molar-refractivity contribution in [2.75, 3.05) is 0 Å². The first-order valence-corrected chi connectivity index (χ1v) is 22.6. The van der Waals surface area contributed by atoms with Gasteiger partial charge < -0.3 is 0 Å². The lowest BCUT2D eigenvalue weighted by Crippen LogP contribution is -1.98. The molecule has 0 saturated heterocycles. The molecule has 62 heavy (non-hydrogen) atoms. The molecule has 0 aliphatic rings. The van der Waals surface area contributed by atoms with Crippen LogP contribution in [-0.4, -0.2) is 0 Å². The van der Waals surface area contributed by atoms with E-state index in [-0.39, 0.29) is 0 Å². The second-order valence-corrected chi connectivity index (χ2v) is 18.0. The lowest BCUT2D eigenvalue weighted by Gasteiger charge is -2.26. The number of benzene rings is 12. The summed E-state index contributed by atoms with van der Waals surface area (Å²) in [6, 6.07) is 80.5. The minimum absolute atomic E-state index is 1.06. The average Bonchev–Trinajstić information content (AvgIpc) is 3.33. The van der Waals surface area contributed by atoms with E-state index in [0.29, 0.717) is 0 Å². The van der Waals surface area contributed by atoms with Crippen LogP contribution < -0.4 is 0 Å². The lowest BCUT2D eigenvalue weighted by atomic mass is 9.77. The Labute approximate surface area is 377 Å². The van der Waals surface area contributed by atoms with Crippen molar-refractivity contribution in [3.63, 3.8) is 0 Å². The Morgan fingerprint density at radius 1 is 0.210 bits per heavy atom. The third-order valence-electron chi connectivity index (χ3n) is 12.7. The molecule has 12 aromatic rings. The number of rotatable bonds is 6. The third-order valence-corrected chi connectivity index (χ3v) is 13.7. The average molecular weight is 917 g/mol. The van der Waals surface area contributed by atoms with Crippen molar-refractivity contribution < 1.29 is 0 Å². The van der Waals surface area contributed by atoms with E-state index in [2.05, 4.69) is 250 Å². The summed E-state index contributed by atoms with van der Waals surface area (Å²) in [5, 5.41) is 12.7. The van der Waals surface area contributed by atoms with Gasteiger partial charge in [-0.1, -0.05) is 214 Å². The van der Waals surface area contributed by atoms with Crippen LogP contribution in [-0.2, 0) is 0 Å². The van der Waals surface area contributed by atoms with E-state index in [4.69, 9.17) is 0 Å². The Morgan fingerprint density at radius 2 is 0.516 bits per heavy atom. The van der Waals surface area contributed by atoms with Gasteiger partial charge in [0.2, 0.25) is 0 Å². The van der Waals surface area contributed by atoms with Gasteiger partial charge in [-0.05, 0) is 157 Å². The molecule has 290 valence electrons. The zero-order chi connectivity index (χ0) is 41.3. The summed E-state index contributed by atoms with van der Waals surface area (Å²) in [6.07, 6.45) is 0. The first kappa shape index (κ1) is 37.0. The highest BCUT2D eigenvalue weighted by atomic mass is 79.9. The molecule has 0 amide bonds. The van der Waals surface area contributed by atoms with Crippen LogP contribution in [0.25, 0.3) is 121 Å². The van der Waals surface area contributed by atoms with Crippen LogP contribution in [0.1, 0.15) is 0 Å². The predicted molar refractivity (Wildman–Crippen MR) is 273 cm³/mol. The van der Waals surface area contributed by atoms with Gasteiger partial charge in [-0.3, -0.25) is 0 Å². The van der Waals surface area contributed by atoms with E-state index in [1.807, 2.05) is 0 Å². The van der Waals surface area contributed by atoms with Gasteiger partial charge in [0.1, 0.15) is 0 Å². The number of hydrogen-bond donors (Lipinski definition) is 0. The van der Waals surface area contributed by atoms with Crippen molar-refractivity contribution in [2.24, 2.45) is 0 Å². The fourth-order valence-corrected chi connectivity index (χ4v) is 11.0. The van der Waals surface area contributed by atoms with E-state index >= 15 is 0 Å². The van der Waals surface area contributed by atoms with Crippen LogP contribution in [0.4, 0.5) is 0 Å². The Bertz CT molecular complexity index is 3420. The molecule has 0 aliphatic carbocycles. The van der Waals surface area contributed by atoms with E-state index in [9.17, 15) is 0 Å². The van der Waals surface area contributed by atoms with Crippen LogP contribution in [0.5, 0.6) is 0 Å². The number of hydrogen-bond acceptors (Lipinski definition) is 0. The fourth-order valence-electron chi connectivity index (χ4n) is 10.2. The van der Waals surface area contributed by atoms with E-state index in [1.54, 1.807) is 0 Å². The van der Waals surface area contributed by atoms with Crippen molar-refractivity contribution in [2.45, 2.75) is 0 Å². The van der Waals surface area contributed by atoms with Crippen molar-refractivity contribution in [3.8, 4) is 66.8 Å². The van der Waals surface area contributed by atoms with Gasteiger partial charge in [0, 0.05) is 8.95 Å². The Balaban J connectivity index is 1.39. The topological polar surface area (TPSA) is 0 Å². The maximum absolute atomic E-state index is 3.84. The minimum Gasteiger partial charge on any atom is -0.0622 e. The summed E-state index contributed by atoms with van der Waals surface area (Å²) in [7, 11) is 0. The monoisotopic (exact) mass is 914 g/mol. The predicted octanol–water partition coefficient (Wildman–Crippen LogP) is 18.4. The van der Waals surface area contributed by atoms with E-state index < -0.39 is 0 Å². The molecular formula is C60H36Br2. The first-order valence-electron chi connectivity index (χ1n) is 21.1. The molecule has 12 rings (SSSR count). The molecule has 0 fully saturated rings. The van der Waals surface area contributed by atoms with Gasteiger partial charge in [-0.25, -0.2) is 0 Å². The van der Waals surface area contributed by atoms with Crippen molar-refractivity contribution >= 4 is 85.7 Å². The summed E-state index contributed by atoms with van der Waals surface area (Å²) in [6.45, 7) is 0. The quantitative estimate of drug-likeness (QED) is 0.115. The van der Waals surface area contributed by atoms with Gasteiger partial charge in [0.15, 0.2) is 0 Å². The Hall–Kier alpha value is -6.84. The zero-order valence-electron chi connectivity index (χ0n) is 33.5. The second-order valence-electron chi connectivity index (χ2n) is 16.1. The van der Waals surface area contributed by atoms with Crippen LogP contribution in [0.2, 0.25) is 0 Å². The van der Waals surface area contributed by atoms with Crippen molar-refractivity contribution in [3.05, 3.63) is 227 Å². The van der Waals surface area contributed by atoms with Gasteiger partial charge in [-0.15, -0.1) is 0 Å². The summed E-state index contributed by atoms with van der Waals surface area (Å²) < 4.78 is 2.11. The van der Waals surface area contributed by atoms with Crippen molar-refractivity contribution in [1.29, 1.82) is 0 Å². The van der Waals surface area contributed by atoms with Crippen LogP contribution in [0.15, 0.2) is 227 Å². The summed E-state index contributed by atoms with van der Waals surface area (Å²) in [4.78, 5) is 0. The minimum atomic E-state index is 1.06. The zero-order valence-corrected chi connectivity index (χ0v) is 36.7. The van der Waals surface area contributed by atoms with Gasteiger partial charge in [0.05, 0.1) is 0 Å². The summed E-state index contributed by atoms with van der Waals surface area (Å²) in [5.41, 5.74) is 14.5. The van der Waals surface area contributed by atoms with Crippen LogP contribution in [0.3, 0.4) is 0 Å². The Morgan fingerprint density at radius 3 is 0.871 bits per heavy atom. The third kappa shape index (κ3) is 5.86. The highest BCUT2D eigenvalue weighted by molar-refractivity contribution is 9.10. The molecule has 0 aromatic heterocycles. The molecular weight excluding hydrogens is 880 g/mol. The van der Waals surface area contributed by atoms with Crippen LogP contribution >= 0.6 is 31.9 Å². The van der Waals surface area contributed by atoms with Gasteiger partial charge in [0.25, 0.3) is 0 Å². The molecule has 0 spiro atoms. The number of fused-ring (bicyclic) bond motifs is 6. The molecule has 2 heteroatoms. The fraction of sp³-hybridized carbons (Fsp3) is 0. The molecule has 0 bridgehead atoms. The molecule has 0 aliphatic heterocycles. The van der Waals surface area contributed by atoms with Gasteiger partial charge in [-0.2, -0.15) is 0 Å². The molecule has 0 saturated carbocycles. The van der Waals surface area contributed by atoms with E-state index in [0.717, 1.165) is 8.95 Å². The largest absolute Gasteiger partial charge is 0.0622 e.